The molecule has 1 aliphatic heterocycles. The van der Waals surface area contributed by atoms with Crippen LogP contribution in [0.1, 0.15) is 24.2 Å². The fraction of sp³-hybridized carbons (Fsp3) is 0.368. The molecule has 0 atom stereocenters. The Morgan fingerprint density at radius 1 is 1.22 bits per heavy atom. The average Bonchev–Trinajstić information content (AvgIpc) is 3.20. The highest BCUT2D eigenvalue weighted by Crippen LogP contribution is 2.18. The lowest BCUT2D eigenvalue weighted by molar-refractivity contribution is -0.116. The van der Waals surface area contributed by atoms with Crippen LogP contribution in [-0.2, 0) is 11.3 Å². The van der Waals surface area contributed by atoms with Crippen molar-refractivity contribution in [1.82, 2.24) is 20.3 Å². The normalized spacial score (nSPS) is 14.0. The number of carbonyl (C=O) groups is 1. The second kappa shape index (κ2) is 8.81. The van der Waals surface area contributed by atoms with Crippen LogP contribution in [0.3, 0.4) is 0 Å². The highest BCUT2D eigenvalue weighted by atomic mass is 35.5. The van der Waals surface area contributed by atoms with Gasteiger partial charge in [0.1, 0.15) is 0 Å². The topological polar surface area (TPSA) is 74.2 Å². The van der Waals surface area contributed by atoms with Gasteiger partial charge in [-0.15, -0.1) is 0 Å². The number of anilines is 2. The maximum atomic E-state index is 12.1. The predicted octanol–water partition coefficient (Wildman–Crippen LogP) is 2.52. The van der Waals surface area contributed by atoms with E-state index in [0.29, 0.717) is 22.7 Å². The fourth-order valence-corrected chi connectivity index (χ4v) is 2.93. The first-order chi connectivity index (χ1) is 13.0. The third-order valence-electron chi connectivity index (χ3n) is 4.19. The lowest BCUT2D eigenvalue weighted by atomic mass is 10.2. The smallest absolute Gasteiger partial charge is 0.244 e. The molecular weight excluding hydrogens is 364 g/mol. The molecule has 1 aromatic heterocycles. The van der Waals surface area contributed by atoms with Crippen LogP contribution in [0.15, 0.2) is 30.3 Å². The summed E-state index contributed by atoms with van der Waals surface area (Å²) in [6.45, 7) is 2.13. The Kier molecular flexibility index (Phi) is 6.24. The molecule has 0 saturated carbocycles. The standard InChI is InChI=1S/C19H23ClN6O/c1-25(2)18-22-16(23-19(24-18)26-11-5-6-12-26)13-21-17(27)10-9-14-7-3-4-8-15(14)20/h3-4,7-10H,5-6,11-13H2,1-2H3,(H,21,27)/b10-9+. The maximum Gasteiger partial charge on any atom is 0.244 e. The number of hydrogen-bond donors (Lipinski definition) is 1. The monoisotopic (exact) mass is 386 g/mol. The summed E-state index contributed by atoms with van der Waals surface area (Å²) < 4.78 is 0. The van der Waals surface area contributed by atoms with E-state index in [9.17, 15) is 4.79 Å². The van der Waals surface area contributed by atoms with Gasteiger partial charge in [-0.25, -0.2) is 0 Å². The molecule has 8 heteroatoms. The summed E-state index contributed by atoms with van der Waals surface area (Å²) in [5.41, 5.74) is 0.792. The fourth-order valence-electron chi connectivity index (χ4n) is 2.73. The Morgan fingerprint density at radius 3 is 2.67 bits per heavy atom. The molecule has 0 radical (unpaired) electrons. The van der Waals surface area contributed by atoms with Crippen LogP contribution in [0.25, 0.3) is 6.08 Å². The van der Waals surface area contributed by atoms with Crippen LogP contribution < -0.4 is 15.1 Å². The molecule has 2 aromatic rings. The summed E-state index contributed by atoms with van der Waals surface area (Å²) in [6.07, 6.45) is 5.42. The molecule has 2 heterocycles. The highest BCUT2D eigenvalue weighted by molar-refractivity contribution is 6.32. The second-order valence-corrected chi connectivity index (χ2v) is 6.92. The van der Waals surface area contributed by atoms with E-state index in [-0.39, 0.29) is 12.5 Å². The number of amides is 1. The van der Waals surface area contributed by atoms with Gasteiger partial charge < -0.3 is 15.1 Å². The van der Waals surface area contributed by atoms with Crippen LogP contribution >= 0.6 is 11.6 Å². The summed E-state index contributed by atoms with van der Waals surface area (Å²) in [5, 5.41) is 3.42. The Labute approximate surface area is 164 Å². The van der Waals surface area contributed by atoms with Gasteiger partial charge in [-0.05, 0) is 30.5 Å². The molecule has 1 saturated heterocycles. The predicted molar refractivity (Wildman–Crippen MR) is 108 cm³/mol. The first-order valence-corrected chi connectivity index (χ1v) is 9.28. The Bertz CT molecular complexity index is 833. The van der Waals surface area contributed by atoms with E-state index in [1.54, 1.807) is 12.1 Å². The molecule has 0 aliphatic carbocycles. The van der Waals surface area contributed by atoms with Crippen molar-refractivity contribution in [2.24, 2.45) is 0 Å². The molecular formula is C19H23ClN6O. The van der Waals surface area contributed by atoms with E-state index in [4.69, 9.17) is 11.6 Å². The molecule has 0 unspecified atom stereocenters. The van der Waals surface area contributed by atoms with Gasteiger partial charge in [0, 0.05) is 38.3 Å². The Hall–Kier alpha value is -2.67. The number of carbonyl (C=O) groups excluding carboxylic acids is 1. The van der Waals surface area contributed by atoms with E-state index >= 15 is 0 Å². The van der Waals surface area contributed by atoms with Crippen LogP contribution in [-0.4, -0.2) is 48.0 Å². The minimum Gasteiger partial charge on any atom is -0.347 e. The number of aromatic nitrogens is 3. The van der Waals surface area contributed by atoms with Gasteiger partial charge >= 0.3 is 0 Å². The van der Waals surface area contributed by atoms with E-state index in [1.807, 2.05) is 37.2 Å². The van der Waals surface area contributed by atoms with Crippen molar-refractivity contribution < 1.29 is 4.79 Å². The third-order valence-corrected chi connectivity index (χ3v) is 4.53. The van der Waals surface area contributed by atoms with Gasteiger partial charge in [0.25, 0.3) is 0 Å². The number of halogens is 1. The third kappa shape index (κ3) is 5.17. The van der Waals surface area contributed by atoms with Crippen molar-refractivity contribution in [2.75, 3.05) is 37.0 Å². The van der Waals surface area contributed by atoms with Gasteiger partial charge in [-0.2, -0.15) is 15.0 Å². The van der Waals surface area contributed by atoms with Gasteiger partial charge in [-0.1, -0.05) is 29.8 Å². The van der Waals surface area contributed by atoms with Gasteiger partial charge in [0.05, 0.1) is 6.54 Å². The zero-order chi connectivity index (χ0) is 19.2. The van der Waals surface area contributed by atoms with Gasteiger partial charge in [0.2, 0.25) is 17.8 Å². The summed E-state index contributed by atoms with van der Waals surface area (Å²) >= 11 is 6.09. The number of rotatable bonds is 6. The SMILES string of the molecule is CN(C)c1nc(CNC(=O)/C=C/c2ccccc2Cl)nc(N2CCCC2)n1. The number of hydrogen-bond acceptors (Lipinski definition) is 6. The molecule has 3 rings (SSSR count). The van der Waals surface area contributed by atoms with Crippen molar-refractivity contribution in [2.45, 2.75) is 19.4 Å². The summed E-state index contributed by atoms with van der Waals surface area (Å²) in [6, 6.07) is 7.36. The van der Waals surface area contributed by atoms with Gasteiger partial charge in [0.15, 0.2) is 5.82 Å². The van der Waals surface area contributed by atoms with Crippen LogP contribution in [0.4, 0.5) is 11.9 Å². The largest absolute Gasteiger partial charge is 0.347 e. The van der Waals surface area contributed by atoms with Crippen LogP contribution in [0, 0.1) is 0 Å². The van der Waals surface area contributed by atoms with E-state index in [0.717, 1.165) is 31.5 Å². The summed E-state index contributed by atoms with van der Waals surface area (Å²) in [7, 11) is 3.77. The molecule has 142 valence electrons. The van der Waals surface area contributed by atoms with Crippen LogP contribution in [0.5, 0.6) is 0 Å². The highest BCUT2D eigenvalue weighted by Gasteiger charge is 2.18. The molecule has 1 aliphatic rings. The van der Waals surface area contributed by atoms with Crippen molar-refractivity contribution in [3.8, 4) is 0 Å². The molecule has 1 fully saturated rings. The molecule has 1 aromatic carbocycles. The molecule has 7 nitrogen and oxygen atoms in total. The molecule has 27 heavy (non-hydrogen) atoms. The lowest BCUT2D eigenvalue weighted by Gasteiger charge is -2.18. The first kappa shape index (κ1) is 19.1. The van der Waals surface area contributed by atoms with E-state index in [2.05, 4.69) is 25.2 Å². The second-order valence-electron chi connectivity index (χ2n) is 6.51. The maximum absolute atomic E-state index is 12.1. The Morgan fingerprint density at radius 2 is 1.96 bits per heavy atom. The molecule has 1 N–H and O–H groups in total. The van der Waals surface area contributed by atoms with Gasteiger partial charge in [-0.3, -0.25) is 4.79 Å². The number of nitrogens with one attached hydrogen (secondary N) is 1. The van der Waals surface area contributed by atoms with Crippen molar-refractivity contribution in [3.63, 3.8) is 0 Å². The van der Waals surface area contributed by atoms with E-state index in [1.165, 1.54) is 6.08 Å². The lowest BCUT2D eigenvalue weighted by Crippen LogP contribution is -2.26. The van der Waals surface area contributed by atoms with E-state index < -0.39 is 0 Å². The minimum atomic E-state index is -0.232. The summed E-state index contributed by atoms with van der Waals surface area (Å²) in [4.78, 5) is 29.6. The zero-order valence-corrected chi connectivity index (χ0v) is 16.3. The zero-order valence-electron chi connectivity index (χ0n) is 15.5. The molecule has 0 bridgehead atoms. The minimum absolute atomic E-state index is 0.232. The molecule has 1 amide bonds. The number of nitrogens with zero attached hydrogens (tertiary/aromatic N) is 5. The number of benzene rings is 1. The summed E-state index contributed by atoms with van der Waals surface area (Å²) in [5.74, 6) is 1.56. The van der Waals surface area contributed by atoms with Crippen LogP contribution in [0.2, 0.25) is 5.02 Å². The van der Waals surface area contributed by atoms with Crippen molar-refractivity contribution >= 4 is 35.5 Å². The van der Waals surface area contributed by atoms with Crippen molar-refractivity contribution in [1.29, 1.82) is 0 Å². The molecule has 0 spiro atoms. The first-order valence-electron chi connectivity index (χ1n) is 8.90. The Balaban J connectivity index is 1.67. The quantitative estimate of drug-likeness (QED) is 0.769. The van der Waals surface area contributed by atoms with Crippen molar-refractivity contribution in [3.05, 3.63) is 46.8 Å². The average molecular weight is 387 g/mol.